The maximum atomic E-state index is 15.9. The predicted molar refractivity (Wildman–Crippen MR) is 160 cm³/mol. The second kappa shape index (κ2) is 12.5. The van der Waals surface area contributed by atoms with Gasteiger partial charge >= 0.3 is 0 Å². The lowest BCUT2D eigenvalue weighted by atomic mass is 9.71. The summed E-state index contributed by atoms with van der Waals surface area (Å²) in [6.45, 7) is 4.12. The van der Waals surface area contributed by atoms with Crippen LogP contribution in [0.15, 0.2) is 60.7 Å². The zero-order chi connectivity index (χ0) is 31.1. The Kier molecular flexibility index (Phi) is 9.09. The molecule has 0 unspecified atom stereocenters. The van der Waals surface area contributed by atoms with E-state index < -0.39 is 46.9 Å². The van der Waals surface area contributed by atoms with Crippen molar-refractivity contribution in [3.63, 3.8) is 0 Å². The van der Waals surface area contributed by atoms with E-state index in [2.05, 4.69) is 5.32 Å². The molecule has 2 heterocycles. The summed E-state index contributed by atoms with van der Waals surface area (Å²) in [7, 11) is 0. The lowest BCUT2D eigenvalue weighted by Gasteiger charge is -2.37. The SMILES string of the molecule is CC(=O)N1CCC(NC(=O)[C@H]2[C@H](c3cccc(Cl)c3F)[C@@](N)(c3ccc(Cl)cc3F)[C@@H](C)N2Cc2ccccc2F)CC1. The molecule has 6 nitrogen and oxygen atoms in total. The summed E-state index contributed by atoms with van der Waals surface area (Å²) < 4.78 is 46.6. The monoisotopic (exact) mass is 632 g/mol. The van der Waals surface area contributed by atoms with Gasteiger partial charge in [-0.2, -0.15) is 0 Å². The van der Waals surface area contributed by atoms with Crippen molar-refractivity contribution in [3.8, 4) is 0 Å². The van der Waals surface area contributed by atoms with E-state index in [1.54, 1.807) is 41.0 Å². The van der Waals surface area contributed by atoms with Crippen LogP contribution in [0.2, 0.25) is 10.0 Å². The first-order valence-electron chi connectivity index (χ1n) is 14.2. The van der Waals surface area contributed by atoms with Crippen molar-refractivity contribution in [3.05, 3.63) is 105 Å². The first-order valence-corrected chi connectivity index (χ1v) is 14.9. The van der Waals surface area contributed by atoms with E-state index >= 15 is 8.78 Å². The lowest BCUT2D eigenvalue weighted by Crippen LogP contribution is -2.52. The fourth-order valence-electron chi connectivity index (χ4n) is 6.63. The molecular weight excluding hydrogens is 600 g/mol. The van der Waals surface area contributed by atoms with Gasteiger partial charge in [-0.25, -0.2) is 13.2 Å². The summed E-state index contributed by atoms with van der Waals surface area (Å²) in [5, 5.41) is 3.05. The summed E-state index contributed by atoms with van der Waals surface area (Å²) in [5.41, 5.74) is 5.92. The van der Waals surface area contributed by atoms with Crippen molar-refractivity contribution >= 4 is 35.0 Å². The Bertz CT molecular complexity index is 1530. The van der Waals surface area contributed by atoms with Gasteiger partial charge in [-0.3, -0.25) is 14.5 Å². The Balaban J connectivity index is 1.65. The van der Waals surface area contributed by atoms with Crippen LogP contribution in [0.5, 0.6) is 0 Å². The van der Waals surface area contributed by atoms with E-state index in [-0.39, 0.29) is 39.7 Å². The summed E-state index contributed by atoms with van der Waals surface area (Å²) in [5.74, 6) is -3.61. The number of likely N-dealkylation sites (tertiary alicyclic amines) is 2. The van der Waals surface area contributed by atoms with Crippen LogP contribution in [0.3, 0.4) is 0 Å². The third-order valence-corrected chi connectivity index (χ3v) is 9.48. The maximum Gasteiger partial charge on any atom is 0.238 e. The first kappa shape index (κ1) is 31.3. The third-order valence-electron chi connectivity index (χ3n) is 8.96. The van der Waals surface area contributed by atoms with Crippen LogP contribution < -0.4 is 11.1 Å². The molecule has 2 amide bonds. The van der Waals surface area contributed by atoms with Crippen LogP contribution >= 0.6 is 23.2 Å². The molecule has 2 aliphatic rings. The van der Waals surface area contributed by atoms with Crippen LogP contribution in [0.4, 0.5) is 13.2 Å². The standard InChI is InChI=1S/C32H33Cl2F3N4O2/c1-18-32(38,24-11-10-21(33)16-27(24)36)28(23-7-5-8-25(34)29(23)37)30(41(18)17-20-6-3-4-9-26(20)35)31(43)39-22-12-14-40(15-13-22)19(2)42/h3-11,16,18,22,28,30H,12-15,17,38H2,1-2H3,(H,39,43)/t18-,28+,30-,32+/m1/s1. The fraction of sp³-hybridized carbons (Fsp3) is 0.375. The topological polar surface area (TPSA) is 78.7 Å². The van der Waals surface area contributed by atoms with Crippen LogP contribution in [0.1, 0.15) is 49.3 Å². The van der Waals surface area contributed by atoms with Gasteiger partial charge in [-0.1, -0.05) is 59.6 Å². The Morgan fingerprint density at radius 3 is 2.35 bits per heavy atom. The van der Waals surface area contributed by atoms with Crippen molar-refractivity contribution in [2.75, 3.05) is 13.1 Å². The zero-order valence-electron chi connectivity index (χ0n) is 23.8. The highest BCUT2D eigenvalue weighted by molar-refractivity contribution is 6.31. The van der Waals surface area contributed by atoms with Crippen molar-refractivity contribution in [1.82, 2.24) is 15.1 Å². The third kappa shape index (κ3) is 5.88. The van der Waals surface area contributed by atoms with E-state index in [4.69, 9.17) is 28.9 Å². The number of nitrogens with zero attached hydrogens (tertiary/aromatic N) is 2. The normalized spacial score (nSPS) is 24.7. The molecular formula is C32H33Cl2F3N4O2. The number of rotatable bonds is 6. The van der Waals surface area contributed by atoms with Crippen LogP contribution in [-0.2, 0) is 21.7 Å². The average molecular weight is 634 g/mol. The van der Waals surface area contributed by atoms with Gasteiger partial charge in [0.05, 0.1) is 16.6 Å². The summed E-state index contributed by atoms with van der Waals surface area (Å²) in [4.78, 5) is 29.6. The summed E-state index contributed by atoms with van der Waals surface area (Å²) >= 11 is 12.3. The minimum atomic E-state index is -1.68. The number of carbonyl (C=O) groups excluding carboxylic acids is 2. The number of halogens is 5. The number of hydrogen-bond acceptors (Lipinski definition) is 4. The minimum Gasteiger partial charge on any atom is -0.352 e. The number of amides is 2. The van der Waals surface area contributed by atoms with Gasteiger partial charge in [-0.15, -0.1) is 0 Å². The number of benzene rings is 3. The highest BCUT2D eigenvalue weighted by Gasteiger charge is 2.60. The molecule has 43 heavy (non-hydrogen) atoms. The van der Waals surface area contributed by atoms with Gasteiger partial charge in [0.15, 0.2) is 0 Å². The van der Waals surface area contributed by atoms with Crippen molar-refractivity contribution in [2.24, 2.45) is 5.73 Å². The van der Waals surface area contributed by atoms with Gasteiger partial charge in [0.1, 0.15) is 17.5 Å². The molecule has 2 saturated heterocycles. The highest BCUT2D eigenvalue weighted by atomic mass is 35.5. The second-order valence-corrected chi connectivity index (χ2v) is 12.2. The molecule has 0 radical (unpaired) electrons. The second-order valence-electron chi connectivity index (χ2n) is 11.4. The largest absolute Gasteiger partial charge is 0.352 e. The molecule has 4 atom stereocenters. The maximum absolute atomic E-state index is 15.9. The molecule has 0 bridgehead atoms. The predicted octanol–water partition coefficient (Wildman–Crippen LogP) is 5.75. The number of piperidine rings is 1. The molecule has 3 aromatic rings. The van der Waals surface area contributed by atoms with Crippen LogP contribution in [-0.4, -0.2) is 52.8 Å². The van der Waals surface area contributed by atoms with Crippen LogP contribution in [0.25, 0.3) is 0 Å². The van der Waals surface area contributed by atoms with E-state index in [0.717, 1.165) is 6.07 Å². The Morgan fingerprint density at radius 1 is 1.00 bits per heavy atom. The van der Waals surface area contributed by atoms with Gasteiger partial charge in [-0.05, 0) is 49.6 Å². The van der Waals surface area contributed by atoms with Crippen molar-refractivity contribution in [1.29, 1.82) is 0 Å². The van der Waals surface area contributed by atoms with E-state index in [1.165, 1.54) is 37.3 Å². The van der Waals surface area contributed by atoms with Crippen molar-refractivity contribution < 1.29 is 22.8 Å². The molecule has 0 saturated carbocycles. The molecule has 228 valence electrons. The van der Waals surface area contributed by atoms with Crippen LogP contribution in [0, 0.1) is 17.5 Å². The number of nitrogens with two attached hydrogens (primary N) is 1. The molecule has 2 aliphatic heterocycles. The molecule has 3 N–H and O–H groups in total. The molecule has 11 heteroatoms. The van der Waals surface area contributed by atoms with Crippen molar-refractivity contribution in [2.45, 2.75) is 62.8 Å². The fourth-order valence-corrected chi connectivity index (χ4v) is 6.98. The van der Waals surface area contributed by atoms with Gasteiger partial charge in [0.25, 0.3) is 0 Å². The average Bonchev–Trinajstić information content (AvgIpc) is 3.18. The molecule has 0 spiro atoms. The Hall–Kier alpha value is -3.11. The lowest BCUT2D eigenvalue weighted by molar-refractivity contribution is -0.130. The molecule has 0 aromatic heterocycles. The van der Waals surface area contributed by atoms with E-state index in [1.807, 2.05) is 0 Å². The van der Waals surface area contributed by atoms with E-state index in [9.17, 15) is 14.0 Å². The van der Waals surface area contributed by atoms with E-state index in [0.29, 0.717) is 31.5 Å². The summed E-state index contributed by atoms with van der Waals surface area (Å²) in [6, 6.07) is 12.4. The van der Waals surface area contributed by atoms with Gasteiger partial charge in [0.2, 0.25) is 11.8 Å². The number of carbonyl (C=O) groups is 2. The Labute approximate surface area is 258 Å². The molecule has 3 aromatic carbocycles. The molecule has 5 rings (SSSR count). The number of nitrogens with one attached hydrogen (secondary N) is 1. The molecule has 2 fully saturated rings. The molecule has 0 aliphatic carbocycles. The van der Waals surface area contributed by atoms with Gasteiger partial charge in [0, 0.05) is 60.7 Å². The quantitative estimate of drug-likeness (QED) is 0.363. The first-order chi connectivity index (χ1) is 20.4. The number of hydrogen-bond donors (Lipinski definition) is 2. The smallest absolute Gasteiger partial charge is 0.238 e. The van der Waals surface area contributed by atoms with Gasteiger partial charge < -0.3 is 16.0 Å². The minimum absolute atomic E-state index is 0.0392. The zero-order valence-corrected chi connectivity index (χ0v) is 25.3. The summed E-state index contributed by atoms with van der Waals surface area (Å²) in [6.07, 6.45) is 1.05. The highest BCUT2D eigenvalue weighted by Crippen LogP contribution is 2.52. The Morgan fingerprint density at radius 2 is 1.70 bits per heavy atom.